The molecule has 1 aliphatic carbocycles. The molecule has 182 valence electrons. The Kier molecular flexibility index (Phi) is 8.00. The summed E-state index contributed by atoms with van der Waals surface area (Å²) in [6.45, 7) is 1.55. The Morgan fingerprint density at radius 3 is 2.29 bits per heavy atom. The van der Waals surface area contributed by atoms with Crippen LogP contribution in [0.1, 0.15) is 56.1 Å². The van der Waals surface area contributed by atoms with Crippen molar-refractivity contribution in [1.29, 1.82) is 0 Å². The molecule has 0 spiro atoms. The fraction of sp³-hybridized carbons (Fsp3) is 0.462. The molecule has 0 aromatic heterocycles. The summed E-state index contributed by atoms with van der Waals surface area (Å²) in [7, 11) is -3.46. The van der Waals surface area contributed by atoms with Gasteiger partial charge >= 0.3 is 0 Å². The van der Waals surface area contributed by atoms with Gasteiger partial charge in [-0.2, -0.15) is 4.31 Å². The van der Waals surface area contributed by atoms with E-state index < -0.39 is 10.0 Å². The molecule has 1 saturated heterocycles. The van der Waals surface area contributed by atoms with E-state index in [0.29, 0.717) is 37.4 Å². The molecule has 2 N–H and O–H groups in total. The predicted octanol–water partition coefficient (Wildman–Crippen LogP) is 3.85. The summed E-state index contributed by atoms with van der Waals surface area (Å²) in [5.74, 6) is 0.131. The lowest BCUT2D eigenvalue weighted by atomic mass is 10.1. The molecule has 0 atom stereocenters. The Morgan fingerprint density at radius 1 is 0.912 bits per heavy atom. The van der Waals surface area contributed by atoms with Gasteiger partial charge in [-0.15, -0.1) is 0 Å². The molecule has 34 heavy (non-hydrogen) atoms. The van der Waals surface area contributed by atoms with E-state index in [1.54, 1.807) is 28.6 Å². The van der Waals surface area contributed by atoms with Gasteiger partial charge in [0.1, 0.15) is 0 Å². The van der Waals surface area contributed by atoms with Crippen LogP contribution in [0.2, 0.25) is 0 Å². The summed E-state index contributed by atoms with van der Waals surface area (Å²) in [5, 5.41) is 5.84. The summed E-state index contributed by atoms with van der Waals surface area (Å²) >= 11 is 0. The fourth-order valence-electron chi connectivity index (χ4n) is 4.15. The van der Waals surface area contributed by atoms with Crippen LogP contribution >= 0.6 is 0 Å². The first-order valence-corrected chi connectivity index (χ1v) is 13.6. The number of nitrogens with zero attached hydrogens (tertiary/aromatic N) is 1. The zero-order valence-electron chi connectivity index (χ0n) is 19.5. The number of amides is 2. The smallest absolute Gasteiger partial charge is 0.243 e. The van der Waals surface area contributed by atoms with Gasteiger partial charge < -0.3 is 10.6 Å². The average molecular weight is 484 g/mol. The van der Waals surface area contributed by atoms with Gasteiger partial charge in [0.25, 0.3) is 0 Å². The first-order chi connectivity index (χ1) is 16.4. The number of hydrogen-bond acceptors (Lipinski definition) is 4. The number of rotatable bonds is 9. The van der Waals surface area contributed by atoms with Crippen molar-refractivity contribution in [2.75, 3.05) is 18.4 Å². The summed E-state index contributed by atoms with van der Waals surface area (Å²) in [4.78, 5) is 24.6. The second-order valence-corrected chi connectivity index (χ2v) is 11.1. The SMILES string of the molecule is O=C(CCc1ccc(S(=O)(=O)N2CCCCCC2)cc1)NCc1cccc(NC(=O)C2CC2)c1. The van der Waals surface area contributed by atoms with Gasteiger partial charge in [0, 0.05) is 37.7 Å². The fourth-order valence-corrected chi connectivity index (χ4v) is 5.67. The van der Waals surface area contributed by atoms with Crippen LogP contribution in [0.4, 0.5) is 5.69 Å². The Labute approximate surface area is 202 Å². The normalized spacial score (nSPS) is 17.1. The van der Waals surface area contributed by atoms with Crippen LogP contribution in [0, 0.1) is 5.92 Å². The number of aryl methyl sites for hydroxylation is 1. The van der Waals surface area contributed by atoms with E-state index in [1.165, 1.54) is 0 Å². The van der Waals surface area contributed by atoms with Crippen molar-refractivity contribution in [3.63, 3.8) is 0 Å². The molecule has 8 heteroatoms. The number of sulfonamides is 1. The Balaban J connectivity index is 1.24. The minimum Gasteiger partial charge on any atom is -0.352 e. The first-order valence-electron chi connectivity index (χ1n) is 12.2. The van der Waals surface area contributed by atoms with Crippen molar-refractivity contribution in [3.05, 3.63) is 59.7 Å². The number of benzene rings is 2. The third-order valence-corrected chi connectivity index (χ3v) is 8.31. The molecule has 2 aromatic carbocycles. The molecule has 2 aromatic rings. The summed E-state index contributed by atoms with van der Waals surface area (Å²) in [6.07, 6.45) is 6.74. The van der Waals surface area contributed by atoms with E-state index in [4.69, 9.17) is 0 Å². The number of carbonyl (C=O) groups excluding carboxylic acids is 2. The van der Waals surface area contributed by atoms with E-state index in [1.807, 2.05) is 24.3 Å². The standard InChI is InChI=1S/C26H33N3O4S/c30-25(27-19-21-6-5-7-23(18-21)28-26(31)22-11-12-22)15-10-20-8-13-24(14-9-20)34(32,33)29-16-3-1-2-4-17-29/h5-9,13-14,18,22H,1-4,10-12,15-17,19H2,(H,27,30)(H,28,31). The first kappa shape index (κ1) is 24.4. The zero-order chi connectivity index (χ0) is 24.0. The molecule has 7 nitrogen and oxygen atoms in total. The van der Waals surface area contributed by atoms with Gasteiger partial charge in [-0.05, 0) is 67.5 Å². The van der Waals surface area contributed by atoms with E-state index >= 15 is 0 Å². The minimum atomic E-state index is -3.46. The maximum absolute atomic E-state index is 12.9. The van der Waals surface area contributed by atoms with E-state index in [-0.39, 0.29) is 17.7 Å². The number of nitrogens with one attached hydrogen (secondary N) is 2. The maximum atomic E-state index is 12.9. The van der Waals surface area contributed by atoms with Gasteiger partial charge in [0.2, 0.25) is 21.8 Å². The van der Waals surface area contributed by atoms with E-state index in [9.17, 15) is 18.0 Å². The lowest BCUT2D eigenvalue weighted by Crippen LogP contribution is -2.31. The highest BCUT2D eigenvalue weighted by Crippen LogP contribution is 2.30. The van der Waals surface area contributed by atoms with Crippen molar-refractivity contribution in [2.24, 2.45) is 5.92 Å². The van der Waals surface area contributed by atoms with Gasteiger partial charge in [-0.1, -0.05) is 37.1 Å². The molecule has 4 rings (SSSR count). The van der Waals surface area contributed by atoms with Crippen LogP contribution in [-0.4, -0.2) is 37.6 Å². The van der Waals surface area contributed by atoms with Crippen LogP contribution in [0.15, 0.2) is 53.4 Å². The van der Waals surface area contributed by atoms with Crippen molar-refractivity contribution in [2.45, 2.75) is 62.8 Å². The second-order valence-electron chi connectivity index (χ2n) is 9.20. The predicted molar refractivity (Wildman–Crippen MR) is 132 cm³/mol. The lowest BCUT2D eigenvalue weighted by molar-refractivity contribution is -0.121. The van der Waals surface area contributed by atoms with Gasteiger partial charge in [-0.3, -0.25) is 9.59 Å². The highest BCUT2D eigenvalue weighted by atomic mass is 32.2. The highest BCUT2D eigenvalue weighted by Gasteiger charge is 2.29. The summed E-state index contributed by atoms with van der Waals surface area (Å²) < 4.78 is 27.4. The molecule has 0 bridgehead atoms. The molecule has 1 saturated carbocycles. The maximum Gasteiger partial charge on any atom is 0.243 e. The van der Waals surface area contributed by atoms with Gasteiger partial charge in [0.15, 0.2) is 0 Å². The third kappa shape index (κ3) is 6.67. The lowest BCUT2D eigenvalue weighted by Gasteiger charge is -2.20. The topological polar surface area (TPSA) is 95.6 Å². The minimum absolute atomic E-state index is 0.0615. The number of carbonyl (C=O) groups is 2. The molecular weight excluding hydrogens is 450 g/mol. The van der Waals surface area contributed by atoms with E-state index in [0.717, 1.165) is 55.3 Å². The third-order valence-electron chi connectivity index (χ3n) is 6.40. The molecule has 0 radical (unpaired) electrons. The van der Waals surface area contributed by atoms with Crippen LogP contribution < -0.4 is 10.6 Å². The second kappa shape index (κ2) is 11.1. The highest BCUT2D eigenvalue weighted by molar-refractivity contribution is 7.89. The zero-order valence-corrected chi connectivity index (χ0v) is 20.3. The largest absolute Gasteiger partial charge is 0.352 e. The Hall–Kier alpha value is -2.71. The monoisotopic (exact) mass is 483 g/mol. The Bertz CT molecular complexity index is 1100. The molecule has 2 amide bonds. The molecule has 2 fully saturated rings. The molecule has 1 heterocycles. The molecule has 2 aliphatic rings. The van der Waals surface area contributed by atoms with E-state index in [2.05, 4.69) is 10.6 Å². The van der Waals surface area contributed by atoms with Crippen molar-refractivity contribution in [1.82, 2.24) is 9.62 Å². The van der Waals surface area contributed by atoms with Crippen LogP contribution in [0.5, 0.6) is 0 Å². The van der Waals surface area contributed by atoms with Gasteiger partial charge in [-0.25, -0.2) is 8.42 Å². The van der Waals surface area contributed by atoms with Gasteiger partial charge in [0.05, 0.1) is 4.90 Å². The summed E-state index contributed by atoms with van der Waals surface area (Å²) in [5.41, 5.74) is 2.60. The quantitative estimate of drug-likeness (QED) is 0.566. The van der Waals surface area contributed by atoms with Crippen LogP contribution in [0.3, 0.4) is 0 Å². The number of anilines is 1. The van der Waals surface area contributed by atoms with Crippen LogP contribution in [-0.2, 0) is 32.6 Å². The summed E-state index contributed by atoms with van der Waals surface area (Å²) in [6, 6.07) is 14.4. The molecular formula is C26H33N3O4S. The number of hydrogen-bond donors (Lipinski definition) is 2. The molecule has 1 aliphatic heterocycles. The van der Waals surface area contributed by atoms with Crippen molar-refractivity contribution in [3.8, 4) is 0 Å². The Morgan fingerprint density at radius 2 is 1.62 bits per heavy atom. The van der Waals surface area contributed by atoms with Crippen molar-refractivity contribution >= 4 is 27.5 Å². The molecule has 0 unspecified atom stereocenters. The van der Waals surface area contributed by atoms with Crippen LogP contribution in [0.25, 0.3) is 0 Å². The average Bonchev–Trinajstić information content (AvgIpc) is 3.69. The van der Waals surface area contributed by atoms with Crippen molar-refractivity contribution < 1.29 is 18.0 Å².